The number of piperazine rings is 1. The third-order valence-electron chi connectivity index (χ3n) is 4.41. The molecule has 1 fully saturated rings. The first-order valence-corrected chi connectivity index (χ1v) is 8.69. The summed E-state index contributed by atoms with van der Waals surface area (Å²) >= 11 is 12.1. The van der Waals surface area contributed by atoms with Crippen LogP contribution in [0.4, 0.5) is 0 Å². The molecule has 0 spiro atoms. The Morgan fingerprint density at radius 2 is 2.17 bits per heavy atom. The predicted octanol–water partition coefficient (Wildman–Crippen LogP) is 3.67. The van der Waals surface area contributed by atoms with Gasteiger partial charge in [-0.2, -0.15) is 0 Å². The first-order chi connectivity index (χ1) is 11.6. The van der Waals surface area contributed by atoms with E-state index in [0.717, 1.165) is 24.2 Å². The molecule has 1 aliphatic rings. The third kappa shape index (κ3) is 3.56. The summed E-state index contributed by atoms with van der Waals surface area (Å²) in [4.78, 5) is 19.2. The lowest BCUT2D eigenvalue weighted by Crippen LogP contribution is -2.49. The zero-order chi connectivity index (χ0) is 17.1. The number of hydrogen-bond acceptors (Lipinski definition) is 3. The molecule has 1 saturated heterocycles. The van der Waals surface area contributed by atoms with Crippen molar-refractivity contribution in [3.8, 4) is 0 Å². The lowest BCUT2D eigenvalue weighted by Gasteiger charge is -2.38. The van der Waals surface area contributed by atoms with Gasteiger partial charge in [-0.1, -0.05) is 35.3 Å². The van der Waals surface area contributed by atoms with Crippen LogP contribution in [0.3, 0.4) is 0 Å². The molecule has 24 heavy (non-hydrogen) atoms. The molecule has 4 nitrogen and oxygen atoms in total. The van der Waals surface area contributed by atoms with Crippen LogP contribution in [-0.4, -0.2) is 35.4 Å². The summed E-state index contributed by atoms with van der Waals surface area (Å²) in [5.74, 6) is -0.194. The lowest BCUT2D eigenvalue weighted by molar-refractivity contribution is -0.135. The van der Waals surface area contributed by atoms with E-state index >= 15 is 0 Å². The van der Waals surface area contributed by atoms with E-state index in [9.17, 15) is 4.79 Å². The van der Waals surface area contributed by atoms with Crippen molar-refractivity contribution >= 4 is 29.1 Å². The summed E-state index contributed by atoms with van der Waals surface area (Å²) in [6.45, 7) is 4.09. The van der Waals surface area contributed by atoms with Crippen molar-refractivity contribution in [1.29, 1.82) is 0 Å². The van der Waals surface area contributed by atoms with Gasteiger partial charge in [0, 0.05) is 32.0 Å². The number of hydrogen-bond donors (Lipinski definition) is 1. The first kappa shape index (κ1) is 17.2. The minimum absolute atomic E-state index is 0.00910. The smallest absolute Gasteiger partial charge is 0.230 e. The number of aromatic nitrogens is 1. The quantitative estimate of drug-likeness (QED) is 0.904. The number of benzene rings is 1. The van der Waals surface area contributed by atoms with Crippen molar-refractivity contribution in [3.63, 3.8) is 0 Å². The van der Waals surface area contributed by atoms with E-state index in [2.05, 4.69) is 10.3 Å². The van der Waals surface area contributed by atoms with E-state index in [1.807, 2.05) is 36.2 Å². The van der Waals surface area contributed by atoms with Gasteiger partial charge in [0.05, 0.1) is 22.0 Å². The Morgan fingerprint density at radius 1 is 1.33 bits per heavy atom. The van der Waals surface area contributed by atoms with E-state index in [0.29, 0.717) is 16.6 Å². The molecule has 1 N–H and O–H groups in total. The zero-order valence-corrected chi connectivity index (χ0v) is 14.9. The maximum atomic E-state index is 13.1. The van der Waals surface area contributed by atoms with Crippen molar-refractivity contribution in [2.75, 3.05) is 19.6 Å². The highest BCUT2D eigenvalue weighted by atomic mass is 35.5. The number of carbonyl (C=O) groups is 1. The Kier molecular flexibility index (Phi) is 5.39. The van der Waals surface area contributed by atoms with Gasteiger partial charge in [-0.25, -0.2) is 0 Å². The second-order valence-electron chi connectivity index (χ2n) is 5.93. The lowest BCUT2D eigenvalue weighted by atomic mass is 9.97. The van der Waals surface area contributed by atoms with Gasteiger partial charge in [-0.3, -0.25) is 9.78 Å². The van der Waals surface area contributed by atoms with Gasteiger partial charge in [0.15, 0.2) is 0 Å². The summed E-state index contributed by atoms with van der Waals surface area (Å²) in [6, 6.07) is 9.26. The second kappa shape index (κ2) is 7.51. The number of halogens is 2. The molecule has 2 heterocycles. The molecule has 126 valence electrons. The molecule has 1 amide bonds. The van der Waals surface area contributed by atoms with Gasteiger partial charge in [0.25, 0.3) is 0 Å². The molecule has 0 aliphatic carbocycles. The minimum atomic E-state index is -0.281. The number of carbonyl (C=O) groups excluding carboxylic acids is 1. The van der Waals surface area contributed by atoms with Crippen LogP contribution in [0.5, 0.6) is 0 Å². The molecule has 2 atom stereocenters. The van der Waals surface area contributed by atoms with Crippen LogP contribution in [0, 0.1) is 0 Å². The van der Waals surface area contributed by atoms with Crippen LogP contribution in [0.2, 0.25) is 10.0 Å². The summed E-state index contributed by atoms with van der Waals surface area (Å²) in [5.41, 5.74) is 1.91. The largest absolute Gasteiger partial charge is 0.333 e. The van der Waals surface area contributed by atoms with Gasteiger partial charge in [0.1, 0.15) is 0 Å². The number of pyridine rings is 1. The van der Waals surface area contributed by atoms with Crippen molar-refractivity contribution in [2.24, 2.45) is 0 Å². The van der Waals surface area contributed by atoms with Crippen LogP contribution in [0.1, 0.15) is 30.0 Å². The van der Waals surface area contributed by atoms with Crippen LogP contribution in [-0.2, 0) is 4.79 Å². The average molecular weight is 364 g/mol. The Balaban J connectivity index is 1.84. The Labute approximate surface area is 151 Å². The number of nitrogens with zero attached hydrogens (tertiary/aromatic N) is 2. The molecule has 1 aromatic carbocycles. The Bertz CT molecular complexity index is 723. The number of amides is 1. The molecule has 0 radical (unpaired) electrons. The number of nitrogens with one attached hydrogen (secondary N) is 1. The van der Waals surface area contributed by atoms with Gasteiger partial charge in [-0.05, 0) is 36.2 Å². The van der Waals surface area contributed by atoms with Gasteiger partial charge >= 0.3 is 0 Å². The van der Waals surface area contributed by atoms with E-state index in [4.69, 9.17) is 23.2 Å². The maximum absolute atomic E-state index is 13.1. The molecule has 2 unspecified atom stereocenters. The molecule has 1 aromatic heterocycles. The summed E-state index contributed by atoms with van der Waals surface area (Å²) in [7, 11) is 0. The molecule has 0 saturated carbocycles. The Morgan fingerprint density at radius 3 is 2.88 bits per heavy atom. The first-order valence-electron chi connectivity index (χ1n) is 7.94. The normalized spacial score (nSPS) is 19.1. The minimum Gasteiger partial charge on any atom is -0.333 e. The fraction of sp³-hybridized carbons (Fsp3) is 0.333. The van der Waals surface area contributed by atoms with Crippen LogP contribution >= 0.6 is 23.2 Å². The SMILES string of the molecule is CC(C(=O)N1CCNCC1c1cccnc1)c1ccc(Cl)c(Cl)c1. The average Bonchev–Trinajstić information content (AvgIpc) is 2.63. The van der Waals surface area contributed by atoms with Crippen LogP contribution in [0.25, 0.3) is 0 Å². The molecule has 3 rings (SSSR count). The fourth-order valence-corrected chi connectivity index (χ4v) is 3.32. The van der Waals surface area contributed by atoms with Gasteiger partial charge < -0.3 is 10.2 Å². The highest BCUT2D eigenvalue weighted by molar-refractivity contribution is 6.42. The van der Waals surface area contributed by atoms with Crippen molar-refractivity contribution < 1.29 is 4.79 Å². The van der Waals surface area contributed by atoms with Gasteiger partial charge in [-0.15, -0.1) is 0 Å². The third-order valence-corrected chi connectivity index (χ3v) is 5.15. The van der Waals surface area contributed by atoms with E-state index < -0.39 is 0 Å². The molecular weight excluding hydrogens is 345 g/mol. The summed E-state index contributed by atoms with van der Waals surface area (Å²) < 4.78 is 0. The second-order valence-corrected chi connectivity index (χ2v) is 6.75. The standard InChI is InChI=1S/C18H19Cl2N3O/c1-12(13-4-5-15(19)16(20)9-13)18(24)23-8-7-22-11-17(23)14-3-2-6-21-10-14/h2-6,9-10,12,17,22H,7-8,11H2,1H3. The number of rotatable bonds is 3. The van der Waals surface area contributed by atoms with Gasteiger partial charge in [0.2, 0.25) is 5.91 Å². The van der Waals surface area contributed by atoms with Crippen molar-refractivity contribution in [3.05, 3.63) is 63.9 Å². The van der Waals surface area contributed by atoms with Crippen molar-refractivity contribution in [2.45, 2.75) is 18.9 Å². The topological polar surface area (TPSA) is 45.2 Å². The molecule has 2 aromatic rings. The monoisotopic (exact) mass is 363 g/mol. The maximum Gasteiger partial charge on any atom is 0.230 e. The van der Waals surface area contributed by atoms with Crippen LogP contribution < -0.4 is 5.32 Å². The highest BCUT2D eigenvalue weighted by Crippen LogP contribution is 2.30. The predicted molar refractivity (Wildman–Crippen MR) is 96.4 cm³/mol. The fourth-order valence-electron chi connectivity index (χ4n) is 3.01. The van der Waals surface area contributed by atoms with E-state index in [-0.39, 0.29) is 17.9 Å². The summed E-state index contributed by atoms with van der Waals surface area (Å²) in [5, 5.41) is 4.32. The van der Waals surface area contributed by atoms with Crippen LogP contribution in [0.15, 0.2) is 42.7 Å². The van der Waals surface area contributed by atoms with E-state index in [1.165, 1.54) is 0 Å². The summed E-state index contributed by atoms with van der Waals surface area (Å²) in [6.07, 6.45) is 3.56. The Hall–Kier alpha value is -1.62. The zero-order valence-electron chi connectivity index (χ0n) is 13.4. The highest BCUT2D eigenvalue weighted by Gasteiger charge is 2.31. The molecular formula is C18H19Cl2N3O. The molecule has 1 aliphatic heterocycles. The van der Waals surface area contributed by atoms with E-state index in [1.54, 1.807) is 18.3 Å². The molecule has 6 heteroatoms. The molecule has 0 bridgehead atoms. The van der Waals surface area contributed by atoms with Crippen molar-refractivity contribution in [1.82, 2.24) is 15.2 Å².